The molecule has 0 saturated heterocycles. The van der Waals surface area contributed by atoms with Crippen LogP contribution in [0, 0.1) is 0 Å². The molecule has 0 aliphatic heterocycles. The molecule has 6 nitrogen and oxygen atoms in total. The number of allylic oxidation sites excluding steroid dienone is 5. The molecule has 0 fully saturated rings. The van der Waals surface area contributed by atoms with Gasteiger partial charge in [-0.25, -0.2) is 0 Å². The molecule has 6 heteroatoms. The molecule has 0 aliphatic carbocycles. The lowest BCUT2D eigenvalue weighted by Gasteiger charge is -2.20. The third kappa shape index (κ3) is 59.3. The first-order valence-corrected chi connectivity index (χ1v) is 33.3. The molecule has 0 radical (unpaired) electrons. The number of carbonyl (C=O) groups is 2. The van der Waals surface area contributed by atoms with Gasteiger partial charge in [0.05, 0.1) is 25.4 Å². The lowest BCUT2D eigenvalue weighted by Crippen LogP contribution is -2.45. The normalized spacial score (nSPS) is 12.8. The third-order valence-corrected chi connectivity index (χ3v) is 15.4. The molecule has 1 amide bonds. The van der Waals surface area contributed by atoms with Crippen molar-refractivity contribution in [2.75, 3.05) is 13.2 Å². The number of ether oxygens (including phenoxy) is 1. The predicted octanol–water partition coefficient (Wildman–Crippen LogP) is 21.1. The van der Waals surface area contributed by atoms with E-state index in [0.29, 0.717) is 19.4 Å². The largest absolute Gasteiger partial charge is 0.466 e. The zero-order valence-electron chi connectivity index (χ0n) is 49.8. The van der Waals surface area contributed by atoms with E-state index in [1.54, 1.807) is 6.08 Å². The average molecular weight is 1040 g/mol. The van der Waals surface area contributed by atoms with Crippen LogP contribution in [0.25, 0.3) is 0 Å². The summed E-state index contributed by atoms with van der Waals surface area (Å²) in [6.07, 6.45) is 80.6. The Hall–Kier alpha value is -1.92. The Kier molecular flexibility index (Phi) is 62.0. The van der Waals surface area contributed by atoms with Gasteiger partial charge in [0.25, 0.3) is 0 Å². The summed E-state index contributed by atoms with van der Waals surface area (Å²) in [5, 5.41) is 23.2. The van der Waals surface area contributed by atoms with Crippen LogP contribution in [0.4, 0.5) is 0 Å². The number of unbranched alkanes of at least 4 members (excludes halogenated alkanes) is 47. The highest BCUT2D eigenvalue weighted by atomic mass is 16.5. The van der Waals surface area contributed by atoms with E-state index in [4.69, 9.17) is 4.74 Å². The number of hydrogen-bond donors (Lipinski definition) is 3. The van der Waals surface area contributed by atoms with Crippen LogP contribution in [0.15, 0.2) is 36.5 Å². The van der Waals surface area contributed by atoms with Crippen LogP contribution in [0.3, 0.4) is 0 Å². The maximum atomic E-state index is 12.5. The van der Waals surface area contributed by atoms with Gasteiger partial charge in [-0.2, -0.15) is 0 Å². The van der Waals surface area contributed by atoms with Crippen LogP contribution in [-0.2, 0) is 14.3 Å². The minimum atomic E-state index is -0.848. The van der Waals surface area contributed by atoms with Crippen LogP contribution in [0.1, 0.15) is 361 Å². The minimum Gasteiger partial charge on any atom is -0.466 e. The summed E-state index contributed by atoms with van der Waals surface area (Å²) in [6.45, 7) is 4.91. The Balaban J connectivity index is 3.43. The minimum absolute atomic E-state index is 0.00373. The highest BCUT2D eigenvalue weighted by molar-refractivity contribution is 5.76. The van der Waals surface area contributed by atoms with E-state index in [2.05, 4.69) is 43.5 Å². The highest BCUT2D eigenvalue weighted by Gasteiger charge is 2.18. The Morgan fingerprint density at radius 3 is 0.959 bits per heavy atom. The average Bonchev–Trinajstić information content (AvgIpc) is 3.40. The number of aliphatic hydroxyl groups is 2. The van der Waals surface area contributed by atoms with Crippen molar-refractivity contribution >= 4 is 11.9 Å². The zero-order chi connectivity index (χ0) is 53.6. The number of amides is 1. The van der Waals surface area contributed by atoms with Crippen molar-refractivity contribution < 1.29 is 24.5 Å². The van der Waals surface area contributed by atoms with E-state index in [0.717, 1.165) is 44.9 Å². The maximum absolute atomic E-state index is 12.5. The Morgan fingerprint density at radius 2 is 0.635 bits per heavy atom. The molecule has 436 valence electrons. The summed E-state index contributed by atoms with van der Waals surface area (Å²) in [4.78, 5) is 24.5. The number of aliphatic hydroxyl groups excluding tert-OH is 2. The lowest BCUT2D eigenvalue weighted by atomic mass is 10.0. The molecule has 0 aromatic carbocycles. The fourth-order valence-corrected chi connectivity index (χ4v) is 10.3. The molecular weight excluding hydrogens is 911 g/mol. The molecule has 0 rings (SSSR count). The van der Waals surface area contributed by atoms with Crippen LogP contribution in [0.2, 0.25) is 0 Å². The van der Waals surface area contributed by atoms with Crippen molar-refractivity contribution in [2.45, 2.75) is 373 Å². The van der Waals surface area contributed by atoms with Crippen LogP contribution >= 0.6 is 0 Å². The molecular formula is C68H129NO5. The van der Waals surface area contributed by atoms with Crippen molar-refractivity contribution in [1.29, 1.82) is 0 Å². The number of carbonyl (C=O) groups excluding carboxylic acids is 2. The fourth-order valence-electron chi connectivity index (χ4n) is 10.3. The highest BCUT2D eigenvalue weighted by Crippen LogP contribution is 2.17. The molecule has 0 bridgehead atoms. The van der Waals surface area contributed by atoms with E-state index in [-0.39, 0.29) is 18.5 Å². The summed E-state index contributed by atoms with van der Waals surface area (Å²) >= 11 is 0. The van der Waals surface area contributed by atoms with Crippen molar-refractivity contribution in [2.24, 2.45) is 0 Å². The van der Waals surface area contributed by atoms with Crippen molar-refractivity contribution in [3.05, 3.63) is 36.5 Å². The Bertz CT molecular complexity index is 1200. The van der Waals surface area contributed by atoms with Gasteiger partial charge in [0.2, 0.25) is 5.91 Å². The van der Waals surface area contributed by atoms with E-state index in [9.17, 15) is 19.8 Å². The summed E-state index contributed by atoms with van der Waals surface area (Å²) < 4.78 is 5.48. The van der Waals surface area contributed by atoms with Gasteiger partial charge < -0.3 is 20.3 Å². The second-order valence-corrected chi connectivity index (χ2v) is 22.8. The van der Waals surface area contributed by atoms with Crippen LogP contribution in [0.5, 0.6) is 0 Å². The van der Waals surface area contributed by atoms with Crippen molar-refractivity contribution in [1.82, 2.24) is 5.32 Å². The molecule has 74 heavy (non-hydrogen) atoms. The smallest absolute Gasteiger partial charge is 0.305 e. The Labute approximate surface area is 462 Å². The summed E-state index contributed by atoms with van der Waals surface area (Å²) in [5.41, 5.74) is 0. The van der Waals surface area contributed by atoms with Gasteiger partial charge >= 0.3 is 5.97 Å². The maximum Gasteiger partial charge on any atom is 0.305 e. The van der Waals surface area contributed by atoms with Gasteiger partial charge in [0, 0.05) is 12.8 Å². The fraction of sp³-hybridized carbons (Fsp3) is 0.882. The zero-order valence-corrected chi connectivity index (χ0v) is 49.8. The quantitative estimate of drug-likeness (QED) is 0.0320. The van der Waals surface area contributed by atoms with Crippen LogP contribution < -0.4 is 5.32 Å². The molecule has 0 saturated carbocycles. The van der Waals surface area contributed by atoms with Crippen molar-refractivity contribution in [3.8, 4) is 0 Å². The van der Waals surface area contributed by atoms with E-state index in [1.165, 1.54) is 289 Å². The SMILES string of the molecule is CCCCCCC/C=C\CCCCCCCC(=O)OCCCCCCCCCCCCCC/C=C\CCCCCCCCCCC(=O)NC(CO)C(O)/C=C/CCCCCCCCCCCCCCCCCCC. The Morgan fingerprint density at radius 1 is 0.365 bits per heavy atom. The molecule has 0 aromatic heterocycles. The summed E-state index contributed by atoms with van der Waals surface area (Å²) in [7, 11) is 0. The monoisotopic (exact) mass is 1040 g/mol. The van der Waals surface area contributed by atoms with E-state index < -0.39 is 12.1 Å². The first-order chi connectivity index (χ1) is 36.5. The molecule has 2 unspecified atom stereocenters. The molecule has 0 aliphatic rings. The first kappa shape index (κ1) is 72.1. The van der Waals surface area contributed by atoms with Gasteiger partial charge in [0.1, 0.15) is 0 Å². The number of hydrogen-bond acceptors (Lipinski definition) is 5. The number of rotatable bonds is 62. The van der Waals surface area contributed by atoms with Gasteiger partial charge in [-0.05, 0) is 83.5 Å². The summed E-state index contributed by atoms with van der Waals surface area (Å²) in [6, 6.07) is -0.632. The molecule has 3 N–H and O–H groups in total. The molecule has 0 aromatic rings. The van der Waals surface area contributed by atoms with Gasteiger partial charge in [-0.3, -0.25) is 9.59 Å². The topological polar surface area (TPSA) is 95.9 Å². The third-order valence-electron chi connectivity index (χ3n) is 15.4. The standard InChI is InChI=1S/C68H129NO5/c1-3-5-7-9-11-13-15-17-19-20-27-30-33-36-40-44-48-52-56-60-66(71)65(64-70)69-67(72)61-57-53-49-45-41-37-34-31-28-25-23-21-22-24-26-29-32-35-39-43-47-51-55-59-63-74-68(73)62-58-54-50-46-42-38-18-16-14-12-10-8-6-4-2/h16,18,23,25,56,60,65-66,70-71H,3-15,17,19-22,24,26-55,57-59,61-64H2,1-2H3,(H,69,72)/b18-16-,25-23-,60-56+. The lowest BCUT2D eigenvalue weighted by molar-refractivity contribution is -0.143. The second-order valence-electron chi connectivity index (χ2n) is 22.8. The molecule has 2 atom stereocenters. The number of esters is 1. The van der Waals surface area contributed by atoms with Crippen LogP contribution in [-0.4, -0.2) is 47.4 Å². The van der Waals surface area contributed by atoms with Gasteiger partial charge in [-0.15, -0.1) is 0 Å². The molecule has 0 heterocycles. The van der Waals surface area contributed by atoms with Gasteiger partial charge in [-0.1, -0.05) is 301 Å². The first-order valence-electron chi connectivity index (χ1n) is 33.3. The predicted molar refractivity (Wildman–Crippen MR) is 324 cm³/mol. The van der Waals surface area contributed by atoms with E-state index >= 15 is 0 Å². The van der Waals surface area contributed by atoms with Crippen molar-refractivity contribution in [3.63, 3.8) is 0 Å². The second kappa shape index (κ2) is 63.6. The molecule has 0 spiro atoms. The summed E-state index contributed by atoms with van der Waals surface area (Å²) in [5.74, 6) is -0.0662. The van der Waals surface area contributed by atoms with Gasteiger partial charge in [0.15, 0.2) is 0 Å². The number of nitrogens with one attached hydrogen (secondary N) is 1. The van der Waals surface area contributed by atoms with E-state index in [1.807, 2.05) is 6.08 Å².